The molecule has 0 amide bonds. The highest BCUT2D eigenvalue weighted by molar-refractivity contribution is 5.39. The van der Waals surface area contributed by atoms with E-state index in [9.17, 15) is 5.11 Å². The van der Waals surface area contributed by atoms with Gasteiger partial charge in [0.15, 0.2) is 0 Å². The van der Waals surface area contributed by atoms with Crippen LogP contribution in [0.25, 0.3) is 0 Å². The fraction of sp³-hybridized carbons (Fsp3) is 0.500. The SMILES string of the molecule is Cc1cccc(N2CCC([C@@H](O)c3nccn3C)CC2)n1. The molecule has 0 aliphatic carbocycles. The first kappa shape index (κ1) is 14.1. The summed E-state index contributed by atoms with van der Waals surface area (Å²) in [4.78, 5) is 11.1. The van der Waals surface area contributed by atoms with Crippen LogP contribution in [0, 0.1) is 12.8 Å². The van der Waals surface area contributed by atoms with Crippen molar-refractivity contribution < 1.29 is 5.11 Å². The third kappa shape index (κ3) is 2.93. The molecule has 0 bridgehead atoms. The van der Waals surface area contributed by atoms with E-state index in [1.165, 1.54) is 0 Å². The van der Waals surface area contributed by atoms with Gasteiger partial charge in [0.05, 0.1) is 0 Å². The van der Waals surface area contributed by atoms with Gasteiger partial charge in [-0.1, -0.05) is 6.07 Å². The molecule has 5 heteroatoms. The summed E-state index contributed by atoms with van der Waals surface area (Å²) < 4.78 is 1.90. The molecule has 1 fully saturated rings. The van der Waals surface area contributed by atoms with E-state index in [-0.39, 0.29) is 5.92 Å². The first-order valence-corrected chi connectivity index (χ1v) is 7.49. The summed E-state index contributed by atoms with van der Waals surface area (Å²) in [6.07, 6.45) is 5.07. The second-order valence-electron chi connectivity index (χ2n) is 5.80. The molecule has 1 atom stereocenters. The number of hydrogen-bond donors (Lipinski definition) is 1. The predicted molar refractivity (Wildman–Crippen MR) is 82.1 cm³/mol. The number of aliphatic hydroxyl groups is 1. The molecule has 0 radical (unpaired) electrons. The Balaban J connectivity index is 1.64. The molecule has 1 aliphatic heterocycles. The normalized spacial score (nSPS) is 18.0. The third-order valence-electron chi connectivity index (χ3n) is 4.31. The van der Waals surface area contributed by atoms with Gasteiger partial charge in [-0.05, 0) is 37.8 Å². The van der Waals surface area contributed by atoms with Crippen molar-refractivity contribution in [3.8, 4) is 0 Å². The van der Waals surface area contributed by atoms with Crippen molar-refractivity contribution in [2.24, 2.45) is 13.0 Å². The lowest BCUT2D eigenvalue weighted by molar-refractivity contribution is 0.0824. The van der Waals surface area contributed by atoms with Crippen LogP contribution in [0.1, 0.15) is 30.5 Å². The minimum atomic E-state index is -0.474. The van der Waals surface area contributed by atoms with E-state index < -0.39 is 6.10 Å². The van der Waals surface area contributed by atoms with Gasteiger partial charge in [-0.15, -0.1) is 0 Å². The second kappa shape index (κ2) is 5.85. The van der Waals surface area contributed by atoms with Crippen LogP contribution in [0.3, 0.4) is 0 Å². The largest absolute Gasteiger partial charge is 0.385 e. The van der Waals surface area contributed by atoms with Gasteiger partial charge in [-0.25, -0.2) is 9.97 Å². The Morgan fingerprint density at radius 1 is 1.29 bits per heavy atom. The molecule has 0 spiro atoms. The van der Waals surface area contributed by atoms with Gasteiger partial charge in [0.1, 0.15) is 17.7 Å². The number of aryl methyl sites for hydroxylation is 2. The smallest absolute Gasteiger partial charge is 0.137 e. The number of rotatable bonds is 3. The molecule has 21 heavy (non-hydrogen) atoms. The summed E-state index contributed by atoms with van der Waals surface area (Å²) in [5, 5.41) is 10.5. The van der Waals surface area contributed by atoms with Crippen molar-refractivity contribution >= 4 is 5.82 Å². The standard InChI is InChI=1S/C16H22N4O/c1-12-4-3-5-14(18-12)20-9-6-13(7-10-20)15(21)16-17-8-11-19(16)2/h3-5,8,11,13,15,21H,6-7,9-10H2,1-2H3/t15-/m1/s1. The molecular weight excluding hydrogens is 264 g/mol. The van der Waals surface area contributed by atoms with Gasteiger partial charge in [-0.3, -0.25) is 0 Å². The Morgan fingerprint density at radius 2 is 2.05 bits per heavy atom. The maximum Gasteiger partial charge on any atom is 0.137 e. The van der Waals surface area contributed by atoms with Crippen molar-refractivity contribution in [1.82, 2.24) is 14.5 Å². The number of anilines is 1. The molecular formula is C16H22N4O. The van der Waals surface area contributed by atoms with Crippen molar-refractivity contribution in [2.75, 3.05) is 18.0 Å². The average Bonchev–Trinajstić information content (AvgIpc) is 2.93. The van der Waals surface area contributed by atoms with Crippen molar-refractivity contribution in [3.05, 3.63) is 42.1 Å². The predicted octanol–water partition coefficient (Wildman–Crippen LogP) is 2.07. The van der Waals surface area contributed by atoms with E-state index >= 15 is 0 Å². The van der Waals surface area contributed by atoms with Gasteiger partial charge in [0.25, 0.3) is 0 Å². The first-order chi connectivity index (χ1) is 10.1. The van der Waals surface area contributed by atoms with E-state index in [0.29, 0.717) is 0 Å². The number of nitrogens with zero attached hydrogens (tertiary/aromatic N) is 4. The maximum absolute atomic E-state index is 10.5. The van der Waals surface area contributed by atoms with E-state index in [1.54, 1.807) is 6.20 Å². The number of imidazole rings is 1. The van der Waals surface area contributed by atoms with E-state index in [2.05, 4.69) is 20.9 Å². The number of aromatic nitrogens is 3. The van der Waals surface area contributed by atoms with E-state index in [0.717, 1.165) is 43.3 Å². The molecule has 0 aromatic carbocycles. The fourth-order valence-corrected chi connectivity index (χ4v) is 3.02. The Bertz CT molecular complexity index is 602. The van der Waals surface area contributed by atoms with Crippen molar-refractivity contribution in [2.45, 2.75) is 25.9 Å². The number of aliphatic hydroxyl groups excluding tert-OH is 1. The zero-order valence-corrected chi connectivity index (χ0v) is 12.6. The Hall–Kier alpha value is -1.88. The monoisotopic (exact) mass is 286 g/mol. The first-order valence-electron chi connectivity index (χ1n) is 7.49. The van der Waals surface area contributed by atoms with Gasteiger partial charge in [-0.2, -0.15) is 0 Å². The molecule has 1 N–H and O–H groups in total. The van der Waals surface area contributed by atoms with Crippen LogP contribution in [-0.4, -0.2) is 32.7 Å². The highest BCUT2D eigenvalue weighted by atomic mass is 16.3. The minimum Gasteiger partial charge on any atom is -0.385 e. The van der Waals surface area contributed by atoms with Gasteiger partial charge in [0.2, 0.25) is 0 Å². The Kier molecular flexibility index (Phi) is 3.92. The van der Waals surface area contributed by atoms with Crippen LogP contribution in [-0.2, 0) is 7.05 Å². The summed E-state index contributed by atoms with van der Waals surface area (Å²) in [5.74, 6) is 2.08. The van der Waals surface area contributed by atoms with Crippen molar-refractivity contribution in [3.63, 3.8) is 0 Å². The van der Waals surface area contributed by atoms with E-state index in [4.69, 9.17) is 0 Å². The lowest BCUT2D eigenvalue weighted by Crippen LogP contribution is -2.36. The molecule has 3 rings (SSSR count). The molecule has 2 aromatic rings. The molecule has 0 unspecified atom stereocenters. The summed E-state index contributed by atoms with van der Waals surface area (Å²) in [5.41, 5.74) is 1.04. The lowest BCUT2D eigenvalue weighted by Gasteiger charge is -2.34. The lowest BCUT2D eigenvalue weighted by atomic mass is 9.90. The quantitative estimate of drug-likeness (QED) is 0.938. The molecule has 112 valence electrons. The van der Waals surface area contributed by atoms with E-state index in [1.807, 2.05) is 36.9 Å². The van der Waals surface area contributed by atoms with Gasteiger partial charge < -0.3 is 14.6 Å². The van der Waals surface area contributed by atoms with Gasteiger partial charge in [0, 0.05) is 38.2 Å². The van der Waals surface area contributed by atoms with Crippen LogP contribution < -0.4 is 4.90 Å². The zero-order valence-electron chi connectivity index (χ0n) is 12.6. The number of hydrogen-bond acceptors (Lipinski definition) is 4. The van der Waals surface area contributed by atoms with Crippen LogP contribution in [0.4, 0.5) is 5.82 Å². The third-order valence-corrected chi connectivity index (χ3v) is 4.31. The molecule has 1 saturated heterocycles. The van der Waals surface area contributed by atoms with Gasteiger partial charge >= 0.3 is 0 Å². The summed E-state index contributed by atoms with van der Waals surface area (Å²) >= 11 is 0. The molecule has 0 saturated carbocycles. The minimum absolute atomic E-state index is 0.271. The number of pyridine rings is 1. The zero-order chi connectivity index (χ0) is 14.8. The second-order valence-corrected chi connectivity index (χ2v) is 5.80. The topological polar surface area (TPSA) is 54.2 Å². The number of piperidine rings is 1. The molecule has 2 aromatic heterocycles. The highest BCUT2D eigenvalue weighted by Crippen LogP contribution is 2.31. The van der Waals surface area contributed by atoms with Crippen LogP contribution in [0.15, 0.2) is 30.6 Å². The average molecular weight is 286 g/mol. The Labute approximate surface area is 125 Å². The fourth-order valence-electron chi connectivity index (χ4n) is 3.02. The Morgan fingerprint density at radius 3 is 2.67 bits per heavy atom. The molecule has 1 aliphatic rings. The molecule has 3 heterocycles. The van der Waals surface area contributed by atoms with Crippen LogP contribution >= 0.6 is 0 Å². The maximum atomic E-state index is 10.5. The molecule has 5 nitrogen and oxygen atoms in total. The summed E-state index contributed by atoms with van der Waals surface area (Å²) in [6.45, 7) is 3.88. The summed E-state index contributed by atoms with van der Waals surface area (Å²) in [6, 6.07) is 6.12. The highest BCUT2D eigenvalue weighted by Gasteiger charge is 2.28. The summed E-state index contributed by atoms with van der Waals surface area (Å²) in [7, 11) is 1.93. The van der Waals surface area contributed by atoms with Crippen molar-refractivity contribution in [1.29, 1.82) is 0 Å². The van der Waals surface area contributed by atoms with Crippen LogP contribution in [0.2, 0.25) is 0 Å². The van der Waals surface area contributed by atoms with Crippen LogP contribution in [0.5, 0.6) is 0 Å².